The van der Waals surface area contributed by atoms with Crippen molar-refractivity contribution < 1.29 is 19.2 Å². The van der Waals surface area contributed by atoms with Crippen LogP contribution in [0.5, 0.6) is 0 Å². The molecule has 1 aliphatic heterocycles. The molecule has 1 amide bonds. The van der Waals surface area contributed by atoms with Gasteiger partial charge in [0, 0.05) is 22.4 Å². The normalized spacial score (nSPS) is 14.9. The van der Waals surface area contributed by atoms with Gasteiger partial charge >= 0.3 is 0 Å². The zero-order valence-electron chi connectivity index (χ0n) is 14.4. The van der Waals surface area contributed by atoms with E-state index in [1.54, 1.807) is 24.3 Å². The van der Waals surface area contributed by atoms with Crippen molar-refractivity contribution in [1.82, 2.24) is 0 Å². The molecule has 3 rings (SSSR count). The topological polar surface area (TPSA) is 59.8 Å². The lowest BCUT2D eigenvalue weighted by Crippen LogP contribution is -3.12. The Hall–Kier alpha value is -2.50. The first-order valence-corrected chi connectivity index (χ1v) is 8.54. The fraction of sp³-hybridized carbons (Fsp3) is 0.300. The van der Waals surface area contributed by atoms with Crippen molar-refractivity contribution in [3.8, 4) is 0 Å². The van der Waals surface area contributed by atoms with Gasteiger partial charge in [0.15, 0.2) is 5.78 Å². The van der Waals surface area contributed by atoms with Crippen LogP contribution in [0.25, 0.3) is 0 Å². The van der Waals surface area contributed by atoms with Gasteiger partial charge in [0.1, 0.15) is 19.6 Å². The Bertz CT molecular complexity index is 733. The van der Waals surface area contributed by atoms with Gasteiger partial charge in [-0.15, -0.1) is 0 Å². The monoisotopic (exact) mass is 339 g/mol. The summed E-state index contributed by atoms with van der Waals surface area (Å²) in [5.41, 5.74) is 3.15. The summed E-state index contributed by atoms with van der Waals surface area (Å²) in [6, 6.07) is 14.6. The first-order valence-electron chi connectivity index (χ1n) is 8.54. The molecule has 0 atom stereocenters. The minimum absolute atomic E-state index is 0.0101. The molecule has 0 saturated carbocycles. The average molecular weight is 339 g/mol. The van der Waals surface area contributed by atoms with Crippen molar-refractivity contribution in [2.24, 2.45) is 0 Å². The van der Waals surface area contributed by atoms with Gasteiger partial charge in [0.25, 0.3) is 5.91 Å². The van der Waals surface area contributed by atoms with Crippen molar-refractivity contribution in [3.05, 3.63) is 65.2 Å². The van der Waals surface area contributed by atoms with E-state index in [-0.39, 0.29) is 11.7 Å². The SMILES string of the molecule is CC(=O)c1ccc(NC(=O)c2ccc(C[NH+]3CCOCC3)cc2)cc1. The fourth-order valence-electron chi connectivity index (χ4n) is 2.89. The number of anilines is 1. The number of rotatable bonds is 5. The quantitative estimate of drug-likeness (QED) is 0.813. The van der Waals surface area contributed by atoms with Crippen LogP contribution < -0.4 is 10.2 Å². The number of hydrogen-bond acceptors (Lipinski definition) is 3. The van der Waals surface area contributed by atoms with Gasteiger partial charge in [-0.1, -0.05) is 12.1 Å². The molecular formula is C20H23N2O3+. The third-order valence-electron chi connectivity index (χ3n) is 4.42. The summed E-state index contributed by atoms with van der Waals surface area (Å²) < 4.78 is 5.37. The lowest BCUT2D eigenvalue weighted by Gasteiger charge is -2.23. The van der Waals surface area contributed by atoms with E-state index in [4.69, 9.17) is 4.74 Å². The third-order valence-corrected chi connectivity index (χ3v) is 4.42. The summed E-state index contributed by atoms with van der Waals surface area (Å²) in [6.07, 6.45) is 0. The molecule has 1 aliphatic rings. The number of ketones is 1. The van der Waals surface area contributed by atoms with Crippen LogP contribution in [0.15, 0.2) is 48.5 Å². The summed E-state index contributed by atoms with van der Waals surface area (Å²) >= 11 is 0. The Balaban J connectivity index is 1.59. The van der Waals surface area contributed by atoms with Crippen LogP contribution in [-0.4, -0.2) is 38.0 Å². The number of ether oxygens (including phenoxy) is 1. The Morgan fingerprint density at radius 2 is 1.56 bits per heavy atom. The molecule has 25 heavy (non-hydrogen) atoms. The molecule has 0 unspecified atom stereocenters. The standard InChI is InChI=1S/C20H22N2O3/c1-15(23)17-6-8-19(9-7-17)21-20(24)18-4-2-16(3-5-18)14-22-10-12-25-13-11-22/h2-9H,10-14H2,1H3,(H,21,24)/p+1. The van der Waals surface area contributed by atoms with E-state index in [0.29, 0.717) is 16.8 Å². The molecule has 130 valence electrons. The molecule has 5 heteroatoms. The Morgan fingerprint density at radius 3 is 2.16 bits per heavy atom. The summed E-state index contributed by atoms with van der Waals surface area (Å²) in [7, 11) is 0. The highest BCUT2D eigenvalue weighted by atomic mass is 16.5. The van der Waals surface area contributed by atoms with Crippen LogP contribution >= 0.6 is 0 Å². The van der Waals surface area contributed by atoms with Crippen molar-refractivity contribution in [2.45, 2.75) is 13.5 Å². The van der Waals surface area contributed by atoms with Crippen LogP contribution in [0, 0.1) is 0 Å². The van der Waals surface area contributed by atoms with Crippen molar-refractivity contribution in [1.29, 1.82) is 0 Å². The lowest BCUT2D eigenvalue weighted by atomic mass is 10.1. The highest BCUT2D eigenvalue weighted by Crippen LogP contribution is 2.12. The molecule has 2 aromatic rings. The molecule has 1 heterocycles. The third kappa shape index (κ3) is 4.75. The van der Waals surface area contributed by atoms with Gasteiger partial charge in [-0.25, -0.2) is 0 Å². The highest BCUT2D eigenvalue weighted by molar-refractivity contribution is 6.04. The van der Waals surface area contributed by atoms with E-state index in [0.717, 1.165) is 32.8 Å². The van der Waals surface area contributed by atoms with E-state index in [1.807, 2.05) is 24.3 Å². The maximum atomic E-state index is 12.3. The molecule has 0 radical (unpaired) electrons. The number of carbonyl (C=O) groups excluding carboxylic acids is 2. The molecule has 0 aliphatic carbocycles. The molecule has 1 saturated heterocycles. The van der Waals surface area contributed by atoms with Gasteiger partial charge in [-0.05, 0) is 43.3 Å². The fourth-order valence-corrected chi connectivity index (χ4v) is 2.89. The predicted molar refractivity (Wildman–Crippen MR) is 96.1 cm³/mol. The van der Waals surface area contributed by atoms with Crippen LogP contribution in [0.3, 0.4) is 0 Å². The van der Waals surface area contributed by atoms with Crippen LogP contribution in [0.4, 0.5) is 5.69 Å². The smallest absolute Gasteiger partial charge is 0.255 e. The molecular weight excluding hydrogens is 316 g/mol. The lowest BCUT2D eigenvalue weighted by molar-refractivity contribution is -0.921. The molecule has 5 nitrogen and oxygen atoms in total. The van der Waals surface area contributed by atoms with Gasteiger partial charge in [-0.3, -0.25) is 9.59 Å². The number of hydrogen-bond donors (Lipinski definition) is 2. The average Bonchev–Trinajstić information content (AvgIpc) is 2.63. The summed E-state index contributed by atoms with van der Waals surface area (Å²) in [6.45, 7) is 6.17. The van der Waals surface area contributed by atoms with Gasteiger partial charge in [-0.2, -0.15) is 0 Å². The molecule has 0 aromatic heterocycles. The predicted octanol–water partition coefficient (Wildman–Crippen LogP) is 1.56. The Morgan fingerprint density at radius 1 is 0.960 bits per heavy atom. The first kappa shape index (κ1) is 17.3. The second-order valence-electron chi connectivity index (χ2n) is 6.32. The molecule has 0 spiro atoms. The summed E-state index contributed by atoms with van der Waals surface area (Å²) in [5.74, 6) is -0.142. The zero-order valence-corrected chi connectivity index (χ0v) is 14.4. The minimum atomic E-state index is -0.152. The summed E-state index contributed by atoms with van der Waals surface area (Å²) in [5, 5.41) is 2.85. The van der Waals surface area contributed by atoms with E-state index in [9.17, 15) is 9.59 Å². The second kappa shape index (κ2) is 8.05. The molecule has 2 aromatic carbocycles. The number of quaternary nitrogens is 1. The van der Waals surface area contributed by atoms with Gasteiger partial charge in [0.05, 0.1) is 13.2 Å². The van der Waals surface area contributed by atoms with Crippen LogP contribution in [-0.2, 0) is 11.3 Å². The number of nitrogens with one attached hydrogen (secondary N) is 2. The Labute approximate surface area is 147 Å². The number of morpholine rings is 1. The van der Waals surface area contributed by atoms with E-state index in [2.05, 4.69) is 5.32 Å². The van der Waals surface area contributed by atoms with Crippen molar-refractivity contribution in [2.75, 3.05) is 31.6 Å². The maximum Gasteiger partial charge on any atom is 0.255 e. The molecule has 2 N–H and O–H groups in total. The molecule has 1 fully saturated rings. The van der Waals surface area contributed by atoms with E-state index >= 15 is 0 Å². The summed E-state index contributed by atoms with van der Waals surface area (Å²) in [4.78, 5) is 25.1. The van der Waals surface area contributed by atoms with E-state index < -0.39 is 0 Å². The van der Waals surface area contributed by atoms with E-state index in [1.165, 1.54) is 17.4 Å². The number of amides is 1. The van der Waals surface area contributed by atoms with Gasteiger partial charge < -0.3 is 15.0 Å². The number of carbonyl (C=O) groups is 2. The van der Waals surface area contributed by atoms with Gasteiger partial charge in [0.2, 0.25) is 0 Å². The zero-order chi connectivity index (χ0) is 17.6. The minimum Gasteiger partial charge on any atom is -0.370 e. The molecule has 0 bridgehead atoms. The number of benzene rings is 2. The Kier molecular flexibility index (Phi) is 5.58. The number of Topliss-reactive ketones (excluding diaryl/α,β-unsaturated/α-hetero) is 1. The maximum absolute atomic E-state index is 12.3. The van der Waals surface area contributed by atoms with Crippen molar-refractivity contribution in [3.63, 3.8) is 0 Å². The van der Waals surface area contributed by atoms with Crippen molar-refractivity contribution >= 4 is 17.4 Å². The largest absolute Gasteiger partial charge is 0.370 e. The first-order chi connectivity index (χ1) is 12.1. The van der Waals surface area contributed by atoms with Crippen LogP contribution in [0.2, 0.25) is 0 Å². The van der Waals surface area contributed by atoms with Crippen LogP contribution in [0.1, 0.15) is 33.2 Å². The second-order valence-corrected chi connectivity index (χ2v) is 6.32. The highest BCUT2D eigenvalue weighted by Gasteiger charge is 2.14.